The van der Waals surface area contributed by atoms with E-state index in [-0.39, 0.29) is 174 Å². The third-order valence-corrected chi connectivity index (χ3v) is 40.4. The van der Waals surface area contributed by atoms with Gasteiger partial charge >= 0.3 is 0 Å². The quantitative estimate of drug-likeness (QED) is 0.0311. The molecule has 0 N–H and O–H groups in total. The lowest BCUT2D eigenvalue weighted by Crippen LogP contribution is -2.65. The first-order valence-electron chi connectivity index (χ1n) is 53.9. The van der Waals surface area contributed by atoms with Crippen molar-refractivity contribution in [1.82, 2.24) is 0 Å². The first-order valence-corrected chi connectivity index (χ1v) is 56.2. The van der Waals surface area contributed by atoms with Gasteiger partial charge in [-0.2, -0.15) is 0 Å². The summed E-state index contributed by atoms with van der Waals surface area (Å²) in [6, 6.07) is 30.1. The molecule has 24 fully saturated rings. The van der Waals surface area contributed by atoms with Gasteiger partial charge in [-0.3, -0.25) is 28.8 Å². The molecule has 24 saturated carbocycles. The lowest BCUT2D eigenvalue weighted by Gasteiger charge is -2.63. The van der Waals surface area contributed by atoms with Crippen molar-refractivity contribution in [2.24, 2.45) is 73.9 Å². The summed E-state index contributed by atoms with van der Waals surface area (Å²) in [5, 5.41) is 2.24. The smallest absolute Gasteiger partial charge is 0.164 e. The average Bonchev–Trinajstić information content (AvgIpc) is 0.674. The molecule has 30 rings (SSSR count). The van der Waals surface area contributed by atoms with Crippen LogP contribution >= 0.6 is 69.6 Å². The van der Waals surface area contributed by atoms with E-state index < -0.39 is 67.8 Å². The van der Waals surface area contributed by atoms with Gasteiger partial charge in [-0.25, -0.2) is 48.3 Å². The summed E-state index contributed by atoms with van der Waals surface area (Å²) < 4.78 is 196. The first kappa shape index (κ1) is 110. The minimum absolute atomic E-state index is 0.0490. The van der Waals surface area contributed by atoms with Crippen LogP contribution in [0.5, 0.6) is 34.5 Å². The second-order valence-corrected chi connectivity index (χ2v) is 53.7. The molecule has 0 saturated heterocycles. The highest BCUT2D eigenvalue weighted by Gasteiger charge is 2.72. The molecule has 24 aliphatic rings. The lowest BCUT2D eigenvalue weighted by atomic mass is 9.45. The molecule has 0 aromatic heterocycles. The highest BCUT2D eigenvalue weighted by molar-refractivity contribution is 6.36. The van der Waals surface area contributed by atoms with Gasteiger partial charge in [0.15, 0.2) is 34.7 Å². The number of halogens is 17. The Kier molecular flexibility index (Phi) is 30.3. The zero-order valence-corrected chi connectivity index (χ0v) is 90.7. The molecule has 810 valence electrons. The predicted molar refractivity (Wildman–Crippen MR) is 557 cm³/mol. The Balaban J connectivity index is 0.000000112. The molecule has 24 bridgehead atoms. The fraction of sp³-hybridized carbons (Fsp3) is 0.650. The summed E-state index contributed by atoms with van der Waals surface area (Å²) in [6.45, 7) is 0. The number of ketones is 6. The van der Waals surface area contributed by atoms with Crippen molar-refractivity contribution in [3.63, 3.8) is 0 Å². The van der Waals surface area contributed by atoms with Gasteiger partial charge in [0.25, 0.3) is 0 Å². The Morgan fingerprint density at radius 1 is 0.208 bits per heavy atom. The Morgan fingerprint density at radius 2 is 0.362 bits per heavy atom. The Hall–Kier alpha value is -6.89. The maximum atomic E-state index is 15.0. The Bertz CT molecular complexity index is 5600. The summed E-state index contributed by atoms with van der Waals surface area (Å²) in [5.41, 5.74) is -14.4. The highest BCUT2D eigenvalue weighted by atomic mass is 35.5. The normalized spacial score (nSPS) is 38.5. The van der Waals surface area contributed by atoms with E-state index in [1.54, 1.807) is 145 Å². The molecule has 29 heteroatoms. The number of methoxy groups -OCH3 is 6. The molecular weight excluding hydrogens is 2060 g/mol. The van der Waals surface area contributed by atoms with Gasteiger partial charge in [-0.05, 0) is 414 Å². The minimum Gasteiger partial charge on any atom is -0.497 e. The van der Waals surface area contributed by atoms with Crippen LogP contribution in [0.25, 0.3) is 0 Å². The van der Waals surface area contributed by atoms with Crippen molar-refractivity contribution in [1.29, 1.82) is 0 Å². The third kappa shape index (κ3) is 23.9. The van der Waals surface area contributed by atoms with Crippen LogP contribution in [0.15, 0.2) is 109 Å². The summed E-state index contributed by atoms with van der Waals surface area (Å²) in [4.78, 5) is 75.6. The van der Waals surface area contributed by atoms with Crippen molar-refractivity contribution in [3.05, 3.63) is 173 Å². The molecule has 0 amide bonds. The van der Waals surface area contributed by atoms with Gasteiger partial charge in [0.1, 0.15) is 96.9 Å². The van der Waals surface area contributed by atoms with Gasteiger partial charge in [-0.1, -0.05) is 69.6 Å². The molecule has 0 radical (unpaired) electrons. The number of carbonyl (C=O) groups is 6. The Labute approximate surface area is 898 Å². The van der Waals surface area contributed by atoms with Gasteiger partial charge < -0.3 is 28.4 Å². The van der Waals surface area contributed by atoms with E-state index >= 15 is 48.3 Å². The number of hydrogen-bond acceptors (Lipinski definition) is 12. The van der Waals surface area contributed by atoms with E-state index in [0.717, 1.165) is 83.5 Å². The molecule has 6 aromatic carbocycles. The van der Waals surface area contributed by atoms with Crippen molar-refractivity contribution < 1.29 is 105 Å². The number of benzene rings is 6. The van der Waals surface area contributed by atoms with E-state index in [2.05, 4.69) is 0 Å². The molecule has 0 spiro atoms. The van der Waals surface area contributed by atoms with Gasteiger partial charge in [0.05, 0.1) is 72.8 Å². The summed E-state index contributed by atoms with van der Waals surface area (Å²) in [5.74, 6) is 5.92. The second kappa shape index (κ2) is 40.9. The maximum absolute atomic E-state index is 15.0. The third-order valence-electron chi connectivity index (χ3n) is 38.5. The maximum Gasteiger partial charge on any atom is 0.164 e. The van der Waals surface area contributed by atoms with Crippen molar-refractivity contribution in [2.75, 3.05) is 42.7 Å². The number of ether oxygens (including phenoxy) is 6. The van der Waals surface area contributed by atoms with E-state index in [0.29, 0.717) is 239 Å². The molecule has 0 aliphatic heterocycles. The number of hydrogen-bond donors (Lipinski definition) is 0. The molecule has 6 aromatic rings. The van der Waals surface area contributed by atoms with Crippen LogP contribution in [0.1, 0.15) is 370 Å². The number of alkyl halides is 11. The molecule has 12 nitrogen and oxygen atoms in total. The fourth-order valence-corrected chi connectivity index (χ4v) is 37.8. The van der Waals surface area contributed by atoms with Crippen LogP contribution < -0.4 is 28.4 Å². The molecule has 149 heavy (non-hydrogen) atoms. The highest BCUT2D eigenvalue weighted by Crippen LogP contribution is 2.74. The van der Waals surface area contributed by atoms with Crippen molar-refractivity contribution >= 4 is 104 Å². The van der Waals surface area contributed by atoms with Crippen LogP contribution in [0.3, 0.4) is 0 Å². The van der Waals surface area contributed by atoms with Crippen molar-refractivity contribution in [3.8, 4) is 34.5 Å². The van der Waals surface area contributed by atoms with E-state index in [4.69, 9.17) is 98.0 Å². The molecule has 0 heterocycles. The molecule has 10 atom stereocenters. The number of Topliss-reactive ketones (excluding diaryl/α,β-unsaturated/α-hetero) is 6. The van der Waals surface area contributed by atoms with Gasteiger partial charge in [-0.15, -0.1) is 0 Å². The zero-order valence-electron chi connectivity index (χ0n) is 86.2. The number of carbonyl (C=O) groups excluding carboxylic acids is 6. The second-order valence-electron chi connectivity index (χ2n) is 51.3. The van der Waals surface area contributed by atoms with Gasteiger partial charge in [0.2, 0.25) is 0 Å². The topological polar surface area (TPSA) is 158 Å². The van der Waals surface area contributed by atoms with E-state index in [1.165, 1.54) is 20.0 Å². The molecule has 24 aliphatic carbocycles. The molecule has 10 unspecified atom stereocenters. The first-order chi connectivity index (χ1) is 70.1. The average molecular weight is 2200 g/mol. The zero-order chi connectivity index (χ0) is 106. The van der Waals surface area contributed by atoms with Crippen LogP contribution in [0, 0.1) is 73.9 Å². The summed E-state index contributed by atoms with van der Waals surface area (Å²) in [7, 11) is 9.28. The van der Waals surface area contributed by atoms with Gasteiger partial charge in [0, 0.05) is 110 Å². The summed E-state index contributed by atoms with van der Waals surface area (Å²) in [6.07, 6.45) is 24.6. The van der Waals surface area contributed by atoms with Crippen LogP contribution in [-0.4, -0.2) is 140 Å². The minimum atomic E-state index is -1.78. The standard InChI is InChI=1S/C20H22ClF3O2.3C20H23ClF2O2.2C20H24ClFO2/c1-26-13-2-3-14(15(21)6-13)16(25)4-5-17-7-18(22)10-19(23,8-17)12-20(24,9-17)11-18;3*1-25-14-2-3-15(16(21)6-14)17(24)4-5-18-7-13-8-19(22,10-18)12-20(23,9-13)11-18;2*1-24-15-2-3-16(17(21)7-15)18(23)4-5-19-8-13-6-14(9-19)11-20(22,10-13)12-19/h2-3,6H,4-5,7-12H2,1H3;3*2-3,6,13H,4-5,7-12H2,1H3;2*2-3,7,13-14H,4-6,8-12H2,1H3. The monoisotopic (exact) mass is 2190 g/mol. The fourth-order valence-electron chi connectivity index (χ4n) is 36.2. The predicted octanol–water partition coefficient (Wildman–Crippen LogP) is 34.2. The van der Waals surface area contributed by atoms with Crippen LogP contribution in [-0.2, 0) is 0 Å². The Morgan fingerprint density at radius 3 is 0.537 bits per heavy atom. The largest absolute Gasteiger partial charge is 0.497 e. The molecular formula is C120H139Cl6F11O12. The summed E-state index contributed by atoms with van der Waals surface area (Å²) >= 11 is 37.1. The van der Waals surface area contributed by atoms with Crippen LogP contribution in [0.4, 0.5) is 48.3 Å². The van der Waals surface area contributed by atoms with E-state index in [9.17, 15) is 28.8 Å². The SMILES string of the molecule is COc1ccc(C(=O)CCC23CC4(F)CC(F)(CC(F)(C4)C2)C3)c(Cl)c1.COc1ccc(C(=O)CCC23CC4CC(CC(F)(C4)C2)C3)c(Cl)c1.COc1ccc(C(=O)CCC23CC4CC(CC(F)(C4)C2)C3)c(Cl)c1.COc1ccc(C(=O)CCC23CC4CC(F)(CC(F)(C4)C2)C3)c(Cl)c1.COc1ccc(C(=O)CCC23CC4CC(F)(CC(F)(C4)C2)C3)c(Cl)c1.COc1ccc(C(=O)CCC23CC4CC(F)(CC(F)(C4)C2)C3)c(Cl)c1. The lowest BCUT2D eigenvalue weighted by molar-refractivity contribution is -0.218. The van der Waals surface area contributed by atoms with Crippen LogP contribution in [0.2, 0.25) is 30.1 Å². The van der Waals surface area contributed by atoms with E-state index in [1.807, 2.05) is 0 Å². The van der Waals surface area contributed by atoms with Crippen molar-refractivity contribution in [2.45, 2.75) is 371 Å². The number of rotatable bonds is 30.